The lowest BCUT2D eigenvalue weighted by molar-refractivity contribution is 1.16. The zero-order chi connectivity index (χ0) is 10.7. The van der Waals surface area contributed by atoms with Crippen LogP contribution in [-0.4, -0.2) is 9.97 Å². The van der Waals surface area contributed by atoms with Crippen LogP contribution in [0.2, 0.25) is 0 Å². The number of hydrogen-bond donors (Lipinski definition) is 1. The summed E-state index contributed by atoms with van der Waals surface area (Å²) in [6, 6.07) is 8.04. The molecule has 0 radical (unpaired) electrons. The van der Waals surface area contributed by atoms with Crippen LogP contribution in [0, 0.1) is 13.8 Å². The molecule has 0 saturated carbocycles. The van der Waals surface area contributed by atoms with E-state index in [1.807, 2.05) is 6.07 Å². The molecule has 1 aromatic heterocycles. The van der Waals surface area contributed by atoms with E-state index in [1.165, 1.54) is 11.1 Å². The van der Waals surface area contributed by atoms with E-state index >= 15 is 0 Å². The van der Waals surface area contributed by atoms with Gasteiger partial charge in [-0.2, -0.15) is 0 Å². The van der Waals surface area contributed by atoms with Gasteiger partial charge in [-0.15, -0.1) is 0 Å². The molecule has 0 amide bonds. The molecule has 0 unspecified atom stereocenters. The first kappa shape index (κ1) is 9.65. The summed E-state index contributed by atoms with van der Waals surface area (Å²) in [6.45, 7) is 4.15. The SMILES string of the molecule is Cc1ccc(Nc2ncccn2)c(C)c1. The van der Waals surface area contributed by atoms with Crippen molar-refractivity contribution in [1.82, 2.24) is 9.97 Å². The Morgan fingerprint density at radius 1 is 1.07 bits per heavy atom. The van der Waals surface area contributed by atoms with Crippen LogP contribution in [-0.2, 0) is 0 Å². The van der Waals surface area contributed by atoms with Crippen LogP contribution in [0.1, 0.15) is 11.1 Å². The molecule has 3 nitrogen and oxygen atoms in total. The van der Waals surface area contributed by atoms with E-state index in [2.05, 4.69) is 41.3 Å². The van der Waals surface area contributed by atoms with Crippen molar-refractivity contribution in [2.45, 2.75) is 13.8 Å². The van der Waals surface area contributed by atoms with Gasteiger partial charge in [-0.3, -0.25) is 0 Å². The maximum atomic E-state index is 4.12. The molecule has 1 heterocycles. The van der Waals surface area contributed by atoms with Gasteiger partial charge in [0.05, 0.1) is 0 Å². The second-order valence-corrected chi connectivity index (χ2v) is 3.52. The number of aryl methyl sites for hydroxylation is 2. The lowest BCUT2D eigenvalue weighted by Crippen LogP contribution is -1.97. The summed E-state index contributed by atoms with van der Waals surface area (Å²) in [6.07, 6.45) is 3.44. The Bertz CT molecular complexity index is 452. The Balaban J connectivity index is 2.25. The normalized spacial score (nSPS) is 10.0. The maximum absolute atomic E-state index is 4.12. The van der Waals surface area contributed by atoms with Gasteiger partial charge in [0, 0.05) is 18.1 Å². The van der Waals surface area contributed by atoms with Crippen molar-refractivity contribution in [3.8, 4) is 0 Å². The average molecular weight is 199 g/mol. The van der Waals surface area contributed by atoms with Gasteiger partial charge in [0.25, 0.3) is 0 Å². The second-order valence-electron chi connectivity index (χ2n) is 3.52. The van der Waals surface area contributed by atoms with Crippen LogP contribution in [0.3, 0.4) is 0 Å². The highest BCUT2D eigenvalue weighted by Crippen LogP contribution is 2.18. The number of rotatable bonds is 2. The molecule has 2 rings (SSSR count). The summed E-state index contributed by atoms with van der Waals surface area (Å²) in [7, 11) is 0. The summed E-state index contributed by atoms with van der Waals surface area (Å²) in [5.41, 5.74) is 3.50. The van der Waals surface area contributed by atoms with Crippen LogP contribution in [0.4, 0.5) is 11.6 Å². The molecule has 1 N–H and O–H groups in total. The van der Waals surface area contributed by atoms with Crippen molar-refractivity contribution < 1.29 is 0 Å². The van der Waals surface area contributed by atoms with Crippen LogP contribution in [0.25, 0.3) is 0 Å². The van der Waals surface area contributed by atoms with E-state index in [-0.39, 0.29) is 0 Å². The summed E-state index contributed by atoms with van der Waals surface area (Å²) < 4.78 is 0. The van der Waals surface area contributed by atoms with Gasteiger partial charge in [-0.1, -0.05) is 17.7 Å². The van der Waals surface area contributed by atoms with Crippen LogP contribution in [0.15, 0.2) is 36.7 Å². The number of benzene rings is 1. The minimum absolute atomic E-state index is 0.629. The minimum atomic E-state index is 0.629. The average Bonchev–Trinajstić information content (AvgIpc) is 2.24. The second kappa shape index (κ2) is 4.09. The highest BCUT2D eigenvalue weighted by atomic mass is 15.1. The van der Waals surface area contributed by atoms with E-state index in [9.17, 15) is 0 Å². The molecular formula is C12H13N3. The molecule has 0 aliphatic rings. The molecular weight excluding hydrogens is 186 g/mol. The first-order valence-electron chi connectivity index (χ1n) is 4.87. The fraction of sp³-hybridized carbons (Fsp3) is 0.167. The minimum Gasteiger partial charge on any atom is -0.324 e. The van der Waals surface area contributed by atoms with E-state index in [0.29, 0.717) is 5.95 Å². The number of hydrogen-bond acceptors (Lipinski definition) is 3. The fourth-order valence-corrected chi connectivity index (χ4v) is 1.44. The molecule has 0 saturated heterocycles. The van der Waals surface area contributed by atoms with Crippen molar-refractivity contribution in [2.24, 2.45) is 0 Å². The molecule has 0 fully saturated rings. The van der Waals surface area contributed by atoms with Crippen molar-refractivity contribution >= 4 is 11.6 Å². The Morgan fingerprint density at radius 3 is 2.47 bits per heavy atom. The van der Waals surface area contributed by atoms with Gasteiger partial charge in [-0.25, -0.2) is 9.97 Å². The smallest absolute Gasteiger partial charge is 0.227 e. The molecule has 0 bridgehead atoms. The molecule has 0 spiro atoms. The molecule has 0 atom stereocenters. The number of nitrogens with zero attached hydrogens (tertiary/aromatic N) is 2. The van der Waals surface area contributed by atoms with Crippen LogP contribution >= 0.6 is 0 Å². The molecule has 2 aromatic rings. The monoisotopic (exact) mass is 199 g/mol. The molecule has 1 aromatic carbocycles. The lowest BCUT2D eigenvalue weighted by Gasteiger charge is -2.07. The van der Waals surface area contributed by atoms with Crippen molar-refractivity contribution in [1.29, 1.82) is 0 Å². The van der Waals surface area contributed by atoms with Gasteiger partial charge < -0.3 is 5.32 Å². The number of nitrogens with one attached hydrogen (secondary N) is 1. The third kappa shape index (κ3) is 2.31. The van der Waals surface area contributed by atoms with E-state index in [1.54, 1.807) is 18.5 Å². The molecule has 76 valence electrons. The van der Waals surface area contributed by atoms with Gasteiger partial charge in [0.15, 0.2) is 0 Å². The Kier molecular flexibility index (Phi) is 2.63. The van der Waals surface area contributed by atoms with E-state index < -0.39 is 0 Å². The highest BCUT2D eigenvalue weighted by Gasteiger charge is 1.99. The van der Waals surface area contributed by atoms with Crippen molar-refractivity contribution in [2.75, 3.05) is 5.32 Å². The van der Waals surface area contributed by atoms with E-state index in [0.717, 1.165) is 5.69 Å². The largest absolute Gasteiger partial charge is 0.324 e. The highest BCUT2D eigenvalue weighted by molar-refractivity contribution is 5.58. The standard InChI is InChI=1S/C12H13N3/c1-9-4-5-11(10(2)8-9)15-12-13-6-3-7-14-12/h3-8H,1-2H3,(H,13,14,15). The van der Waals surface area contributed by atoms with E-state index in [4.69, 9.17) is 0 Å². The van der Waals surface area contributed by atoms with Crippen molar-refractivity contribution in [3.05, 3.63) is 47.8 Å². The Labute approximate surface area is 89.2 Å². The maximum Gasteiger partial charge on any atom is 0.227 e. The third-order valence-corrected chi connectivity index (χ3v) is 2.19. The lowest BCUT2D eigenvalue weighted by atomic mass is 10.1. The zero-order valence-corrected chi connectivity index (χ0v) is 8.86. The predicted molar refractivity (Wildman–Crippen MR) is 61.2 cm³/mol. The molecule has 3 heteroatoms. The van der Waals surface area contributed by atoms with Gasteiger partial charge >= 0.3 is 0 Å². The molecule has 0 aliphatic heterocycles. The fourth-order valence-electron chi connectivity index (χ4n) is 1.44. The zero-order valence-electron chi connectivity index (χ0n) is 8.86. The Hall–Kier alpha value is -1.90. The molecule has 0 aliphatic carbocycles. The van der Waals surface area contributed by atoms with Gasteiger partial charge in [0.2, 0.25) is 5.95 Å². The first-order valence-corrected chi connectivity index (χ1v) is 4.87. The predicted octanol–water partition coefficient (Wildman–Crippen LogP) is 2.84. The van der Waals surface area contributed by atoms with Crippen LogP contribution < -0.4 is 5.32 Å². The topological polar surface area (TPSA) is 37.8 Å². The summed E-state index contributed by atoms with van der Waals surface area (Å²) in [4.78, 5) is 8.23. The first-order chi connectivity index (χ1) is 7.25. The van der Waals surface area contributed by atoms with Crippen LogP contribution in [0.5, 0.6) is 0 Å². The molecule has 15 heavy (non-hydrogen) atoms. The summed E-state index contributed by atoms with van der Waals surface area (Å²) >= 11 is 0. The quantitative estimate of drug-likeness (QED) is 0.808. The van der Waals surface area contributed by atoms with Gasteiger partial charge in [-0.05, 0) is 31.5 Å². The van der Waals surface area contributed by atoms with Gasteiger partial charge in [0.1, 0.15) is 0 Å². The van der Waals surface area contributed by atoms with Crippen molar-refractivity contribution in [3.63, 3.8) is 0 Å². The Morgan fingerprint density at radius 2 is 1.80 bits per heavy atom. The third-order valence-electron chi connectivity index (χ3n) is 2.19. The summed E-state index contributed by atoms with van der Waals surface area (Å²) in [5.74, 6) is 0.629. The number of aromatic nitrogens is 2. The number of anilines is 2. The summed E-state index contributed by atoms with van der Waals surface area (Å²) in [5, 5.41) is 3.18.